The number of hydrogen-bond donors (Lipinski definition) is 1. The number of nitrogens with zero attached hydrogens (tertiary/aromatic N) is 2. The number of carbonyl (C=O) groups is 2. The van der Waals surface area contributed by atoms with Gasteiger partial charge in [-0.15, -0.1) is 0 Å². The molecule has 1 saturated heterocycles. The highest BCUT2D eigenvalue weighted by molar-refractivity contribution is 8.18. The van der Waals surface area contributed by atoms with Crippen LogP contribution < -0.4 is 5.32 Å². The smallest absolute Gasteiger partial charge is 0.267 e. The Morgan fingerprint density at radius 2 is 1.97 bits per heavy atom. The number of ketones is 1. The van der Waals surface area contributed by atoms with Crippen molar-refractivity contribution in [1.82, 2.24) is 4.90 Å². The third kappa shape index (κ3) is 4.84. The molecule has 0 aliphatic carbocycles. The lowest BCUT2D eigenvalue weighted by Gasteiger charge is -2.16. The maximum absolute atomic E-state index is 13.3. The number of thioether (sulfide) groups is 1. The fourth-order valence-corrected chi connectivity index (χ4v) is 4.26. The SMILES string of the molecule is CCNc1ccc(C(C)=O)cc1/N=C1/S/C(=C\c2ccco2)C(=O)N1Cc1ccccc1. The number of furan rings is 1. The molecule has 3 aromatic rings. The number of aliphatic imine (C=N–C) groups is 1. The summed E-state index contributed by atoms with van der Waals surface area (Å²) in [6.45, 7) is 4.62. The predicted octanol–water partition coefficient (Wildman–Crippen LogP) is 5.72. The molecule has 0 unspecified atom stereocenters. The van der Waals surface area contributed by atoms with Crippen LogP contribution in [0.25, 0.3) is 6.08 Å². The number of anilines is 1. The number of rotatable bonds is 7. The molecule has 1 amide bonds. The molecule has 1 aliphatic heterocycles. The predicted molar refractivity (Wildman–Crippen MR) is 129 cm³/mol. The van der Waals surface area contributed by atoms with Crippen LogP contribution in [0.2, 0.25) is 0 Å². The number of nitrogens with one attached hydrogen (secondary N) is 1. The molecule has 6 nitrogen and oxygen atoms in total. The van der Waals surface area contributed by atoms with Crippen molar-refractivity contribution >= 4 is 46.1 Å². The van der Waals surface area contributed by atoms with Crippen molar-refractivity contribution in [3.8, 4) is 0 Å². The molecule has 32 heavy (non-hydrogen) atoms. The van der Waals surface area contributed by atoms with Crippen molar-refractivity contribution in [1.29, 1.82) is 0 Å². The van der Waals surface area contributed by atoms with Crippen LogP contribution in [-0.2, 0) is 11.3 Å². The standard InChI is InChI=1S/C25H23N3O3S/c1-3-26-21-12-11-19(17(2)29)14-22(21)27-25-28(16-18-8-5-4-6-9-18)24(30)23(32-25)15-20-10-7-13-31-20/h4-15,26H,3,16H2,1-2H3/b23-15-,27-25+. The van der Waals surface area contributed by atoms with Gasteiger partial charge in [0.15, 0.2) is 11.0 Å². The zero-order valence-electron chi connectivity index (χ0n) is 17.9. The third-order valence-corrected chi connectivity index (χ3v) is 5.88. The van der Waals surface area contributed by atoms with E-state index in [1.165, 1.54) is 18.7 Å². The summed E-state index contributed by atoms with van der Waals surface area (Å²) in [5, 5.41) is 3.83. The van der Waals surface area contributed by atoms with Gasteiger partial charge in [0.1, 0.15) is 5.76 Å². The van der Waals surface area contributed by atoms with Gasteiger partial charge >= 0.3 is 0 Å². The summed E-state index contributed by atoms with van der Waals surface area (Å²) in [4.78, 5) is 32.2. The number of Topliss-reactive ketones (excluding diaryl/α,β-unsaturated/α-hetero) is 1. The average molecular weight is 446 g/mol. The van der Waals surface area contributed by atoms with Gasteiger partial charge in [0.25, 0.3) is 5.91 Å². The van der Waals surface area contributed by atoms with Gasteiger partial charge in [-0.25, -0.2) is 4.99 Å². The van der Waals surface area contributed by atoms with E-state index in [-0.39, 0.29) is 11.7 Å². The molecule has 0 atom stereocenters. The van der Waals surface area contributed by atoms with E-state index in [2.05, 4.69) is 5.32 Å². The van der Waals surface area contributed by atoms with E-state index in [1.54, 1.807) is 41.5 Å². The highest BCUT2D eigenvalue weighted by atomic mass is 32.2. The molecule has 0 spiro atoms. The van der Waals surface area contributed by atoms with E-state index in [1.807, 2.05) is 43.3 Å². The number of amidine groups is 1. The maximum Gasteiger partial charge on any atom is 0.267 e. The molecule has 0 saturated carbocycles. The number of amides is 1. The lowest BCUT2D eigenvalue weighted by molar-refractivity contribution is -0.122. The van der Waals surface area contributed by atoms with Crippen LogP contribution in [0.1, 0.15) is 35.5 Å². The van der Waals surface area contributed by atoms with Crippen LogP contribution in [0.15, 0.2) is 81.2 Å². The molecule has 0 radical (unpaired) electrons. The van der Waals surface area contributed by atoms with Gasteiger partial charge in [-0.2, -0.15) is 0 Å². The van der Waals surface area contributed by atoms with Crippen LogP contribution in [0.5, 0.6) is 0 Å². The maximum atomic E-state index is 13.3. The molecule has 2 aromatic carbocycles. The van der Waals surface area contributed by atoms with E-state index >= 15 is 0 Å². The minimum absolute atomic E-state index is 0.0378. The van der Waals surface area contributed by atoms with Crippen LogP contribution in [-0.4, -0.2) is 28.3 Å². The molecule has 162 valence electrons. The van der Waals surface area contributed by atoms with Crippen molar-refractivity contribution < 1.29 is 14.0 Å². The summed E-state index contributed by atoms with van der Waals surface area (Å²) < 4.78 is 5.40. The van der Waals surface area contributed by atoms with E-state index in [0.29, 0.717) is 40.2 Å². The Morgan fingerprint density at radius 1 is 1.16 bits per heavy atom. The minimum Gasteiger partial charge on any atom is -0.465 e. The van der Waals surface area contributed by atoms with Crippen molar-refractivity contribution in [2.75, 3.05) is 11.9 Å². The number of benzene rings is 2. The Bertz CT molecular complexity index is 1180. The lowest BCUT2D eigenvalue weighted by atomic mass is 10.1. The van der Waals surface area contributed by atoms with E-state index in [9.17, 15) is 9.59 Å². The summed E-state index contributed by atoms with van der Waals surface area (Å²) in [5.41, 5.74) is 2.99. The first-order valence-corrected chi connectivity index (χ1v) is 11.1. The molecular weight excluding hydrogens is 422 g/mol. The monoisotopic (exact) mass is 445 g/mol. The normalized spacial score (nSPS) is 16.2. The molecule has 4 rings (SSSR count). The second-order valence-corrected chi connectivity index (χ2v) is 8.22. The van der Waals surface area contributed by atoms with E-state index in [0.717, 1.165) is 11.3 Å². The zero-order chi connectivity index (χ0) is 22.5. The van der Waals surface area contributed by atoms with Gasteiger partial charge in [0, 0.05) is 18.2 Å². The molecule has 1 N–H and O–H groups in total. The molecule has 1 fully saturated rings. The second-order valence-electron chi connectivity index (χ2n) is 7.22. The summed E-state index contributed by atoms with van der Waals surface area (Å²) >= 11 is 1.30. The van der Waals surface area contributed by atoms with Gasteiger partial charge in [-0.1, -0.05) is 30.3 Å². The van der Waals surface area contributed by atoms with Gasteiger partial charge in [0.05, 0.1) is 29.1 Å². The lowest BCUT2D eigenvalue weighted by Crippen LogP contribution is -2.28. The number of hydrogen-bond acceptors (Lipinski definition) is 6. The first-order valence-electron chi connectivity index (χ1n) is 10.3. The first-order chi connectivity index (χ1) is 15.5. The molecule has 2 heterocycles. The van der Waals surface area contributed by atoms with Crippen LogP contribution >= 0.6 is 11.8 Å². The minimum atomic E-state index is -0.137. The molecular formula is C25H23N3O3S. The molecule has 1 aromatic heterocycles. The highest BCUT2D eigenvalue weighted by Crippen LogP contribution is 2.37. The van der Waals surface area contributed by atoms with Crippen molar-refractivity contribution in [2.24, 2.45) is 4.99 Å². The zero-order valence-corrected chi connectivity index (χ0v) is 18.7. The topological polar surface area (TPSA) is 74.9 Å². The van der Waals surface area contributed by atoms with E-state index < -0.39 is 0 Å². The fourth-order valence-electron chi connectivity index (χ4n) is 3.29. The van der Waals surface area contributed by atoms with E-state index in [4.69, 9.17) is 9.41 Å². The van der Waals surface area contributed by atoms with Crippen LogP contribution in [0.3, 0.4) is 0 Å². The van der Waals surface area contributed by atoms with Crippen LogP contribution in [0, 0.1) is 0 Å². The van der Waals surface area contributed by atoms with Crippen molar-refractivity contribution in [2.45, 2.75) is 20.4 Å². The third-order valence-electron chi connectivity index (χ3n) is 4.88. The summed E-state index contributed by atoms with van der Waals surface area (Å²) in [7, 11) is 0. The Hall–Kier alpha value is -3.58. The second kappa shape index (κ2) is 9.70. The quantitative estimate of drug-likeness (QED) is 0.372. The molecule has 7 heteroatoms. The fraction of sp³-hybridized carbons (Fsp3) is 0.160. The van der Waals surface area contributed by atoms with Crippen molar-refractivity contribution in [3.63, 3.8) is 0 Å². The summed E-state index contributed by atoms with van der Waals surface area (Å²) in [5.74, 6) is 0.430. The Balaban J connectivity index is 1.77. The van der Waals surface area contributed by atoms with Gasteiger partial charge < -0.3 is 9.73 Å². The van der Waals surface area contributed by atoms with Gasteiger partial charge in [-0.05, 0) is 61.5 Å². The largest absolute Gasteiger partial charge is 0.465 e. The van der Waals surface area contributed by atoms with Crippen LogP contribution in [0.4, 0.5) is 11.4 Å². The highest BCUT2D eigenvalue weighted by Gasteiger charge is 2.34. The Morgan fingerprint density at radius 3 is 2.66 bits per heavy atom. The Kier molecular flexibility index (Phi) is 6.56. The average Bonchev–Trinajstić information content (AvgIpc) is 3.40. The summed E-state index contributed by atoms with van der Waals surface area (Å²) in [6, 6.07) is 18.8. The van der Waals surface area contributed by atoms with Gasteiger partial charge in [0.2, 0.25) is 0 Å². The van der Waals surface area contributed by atoms with Crippen molar-refractivity contribution in [3.05, 3.63) is 88.7 Å². The van der Waals surface area contributed by atoms with Gasteiger partial charge in [-0.3, -0.25) is 14.5 Å². The molecule has 0 bridgehead atoms. The Labute approximate surface area is 191 Å². The first kappa shape index (κ1) is 21.6. The molecule has 1 aliphatic rings. The summed E-state index contributed by atoms with van der Waals surface area (Å²) in [6.07, 6.45) is 3.30. The number of carbonyl (C=O) groups excluding carboxylic acids is 2.